The summed E-state index contributed by atoms with van der Waals surface area (Å²) in [4.78, 5) is 40.8. The fourth-order valence-electron chi connectivity index (χ4n) is 5.44. The van der Waals surface area contributed by atoms with Crippen molar-refractivity contribution in [3.05, 3.63) is 34.9 Å². The number of hydrogen-bond acceptors (Lipinski definition) is 5. The molecule has 4 fully saturated rings. The molecule has 28 heavy (non-hydrogen) atoms. The van der Waals surface area contributed by atoms with Crippen LogP contribution in [0.15, 0.2) is 18.2 Å². The number of carbonyl (C=O) groups is 3. The summed E-state index contributed by atoms with van der Waals surface area (Å²) in [6, 6.07) is 5.87. The Labute approximate surface area is 164 Å². The number of nitrogens with two attached hydrogens (primary N) is 1. The second-order valence-electron chi connectivity index (χ2n) is 8.84. The van der Waals surface area contributed by atoms with Crippen molar-refractivity contribution in [2.45, 2.75) is 69.2 Å². The van der Waals surface area contributed by atoms with Crippen molar-refractivity contribution in [3.63, 3.8) is 0 Å². The minimum atomic E-state index is -0.566. The van der Waals surface area contributed by atoms with Crippen LogP contribution in [0.5, 0.6) is 0 Å². The van der Waals surface area contributed by atoms with E-state index in [4.69, 9.17) is 5.73 Å². The second kappa shape index (κ2) is 6.39. The van der Waals surface area contributed by atoms with Crippen LogP contribution in [0.4, 0.5) is 0 Å². The average Bonchev–Trinajstić information content (AvgIpc) is 3.00. The zero-order valence-electron chi connectivity index (χ0n) is 15.9. The van der Waals surface area contributed by atoms with Gasteiger partial charge in [-0.3, -0.25) is 24.6 Å². The molecule has 1 aliphatic carbocycles. The highest BCUT2D eigenvalue weighted by Gasteiger charge is 2.43. The van der Waals surface area contributed by atoms with Crippen LogP contribution >= 0.6 is 0 Å². The Balaban J connectivity index is 1.38. The van der Waals surface area contributed by atoms with Crippen LogP contribution in [-0.4, -0.2) is 51.7 Å². The normalized spacial score (nSPS) is 32.6. The SMILES string of the molecule is NC12CCC(CC1)N(Cc1cccc3c1CN(C1CCC(=O)NC1=O)C3=O)C2. The lowest BCUT2D eigenvalue weighted by molar-refractivity contribution is -0.136. The second-order valence-corrected chi connectivity index (χ2v) is 8.84. The highest BCUT2D eigenvalue weighted by atomic mass is 16.2. The number of fused-ring (bicyclic) bond motifs is 4. The van der Waals surface area contributed by atoms with E-state index in [1.807, 2.05) is 12.1 Å². The molecule has 7 heteroatoms. The quantitative estimate of drug-likeness (QED) is 0.758. The molecule has 1 saturated carbocycles. The molecule has 148 valence electrons. The van der Waals surface area contributed by atoms with Crippen molar-refractivity contribution < 1.29 is 14.4 Å². The van der Waals surface area contributed by atoms with Crippen LogP contribution in [0.3, 0.4) is 0 Å². The molecule has 1 aromatic rings. The standard InChI is InChI=1S/C21H26N4O3/c22-21-8-6-14(7-9-21)24(12-21)10-13-2-1-3-15-16(13)11-25(20(15)28)17-4-5-18(26)23-19(17)27/h1-3,14,17H,4-12,22H2,(H,23,26,27). The number of imide groups is 1. The molecular weight excluding hydrogens is 356 g/mol. The van der Waals surface area contributed by atoms with Gasteiger partial charge in [-0.2, -0.15) is 0 Å². The molecule has 3 amide bonds. The molecule has 0 aromatic heterocycles. The Kier molecular flexibility index (Phi) is 4.07. The highest BCUT2D eigenvalue weighted by molar-refractivity contribution is 6.05. The van der Waals surface area contributed by atoms with E-state index < -0.39 is 6.04 Å². The largest absolute Gasteiger partial charge is 0.324 e. The third-order valence-corrected chi connectivity index (χ3v) is 7.04. The van der Waals surface area contributed by atoms with Crippen LogP contribution in [0.1, 0.15) is 60.0 Å². The first-order valence-electron chi connectivity index (χ1n) is 10.2. The van der Waals surface area contributed by atoms with E-state index >= 15 is 0 Å². The van der Waals surface area contributed by atoms with Crippen LogP contribution in [0.25, 0.3) is 0 Å². The van der Waals surface area contributed by atoms with Crippen LogP contribution < -0.4 is 11.1 Å². The number of amides is 3. The lowest BCUT2D eigenvalue weighted by Gasteiger charge is -2.51. The van der Waals surface area contributed by atoms with Crippen LogP contribution in [-0.2, 0) is 22.7 Å². The van der Waals surface area contributed by atoms with Crippen molar-refractivity contribution in [2.75, 3.05) is 6.54 Å². The maximum Gasteiger partial charge on any atom is 0.255 e. The number of nitrogens with zero attached hydrogens (tertiary/aromatic N) is 2. The first-order chi connectivity index (χ1) is 13.4. The molecule has 0 radical (unpaired) electrons. The predicted octanol–water partition coefficient (Wildman–Crippen LogP) is 0.903. The number of rotatable bonds is 3. The van der Waals surface area contributed by atoms with Crippen LogP contribution in [0.2, 0.25) is 0 Å². The zero-order valence-corrected chi connectivity index (χ0v) is 15.9. The van der Waals surface area contributed by atoms with Crippen molar-refractivity contribution in [2.24, 2.45) is 5.73 Å². The molecule has 1 unspecified atom stereocenters. The third-order valence-electron chi connectivity index (χ3n) is 7.04. The lowest BCUT2D eigenvalue weighted by Crippen LogP contribution is -2.61. The number of nitrogens with one attached hydrogen (secondary N) is 1. The van der Waals surface area contributed by atoms with Gasteiger partial charge in [-0.25, -0.2) is 0 Å². The number of carbonyl (C=O) groups excluding carboxylic acids is 3. The summed E-state index contributed by atoms with van der Waals surface area (Å²) in [5.41, 5.74) is 9.33. The van der Waals surface area contributed by atoms with Crippen LogP contribution in [0, 0.1) is 0 Å². The fraction of sp³-hybridized carbons (Fsp3) is 0.571. The average molecular weight is 382 g/mol. The van der Waals surface area contributed by atoms with E-state index in [0.29, 0.717) is 24.6 Å². The highest BCUT2D eigenvalue weighted by Crippen LogP contribution is 2.38. The van der Waals surface area contributed by atoms with E-state index in [9.17, 15) is 14.4 Å². The van der Waals surface area contributed by atoms with E-state index in [-0.39, 0.29) is 29.7 Å². The lowest BCUT2D eigenvalue weighted by atomic mass is 9.74. The number of benzene rings is 1. The van der Waals surface area contributed by atoms with Gasteiger partial charge in [0, 0.05) is 43.2 Å². The molecule has 7 nitrogen and oxygen atoms in total. The topological polar surface area (TPSA) is 95.7 Å². The molecule has 2 bridgehead atoms. The maximum absolute atomic E-state index is 13.0. The molecule has 3 N–H and O–H groups in total. The monoisotopic (exact) mass is 382 g/mol. The Bertz CT molecular complexity index is 859. The summed E-state index contributed by atoms with van der Waals surface area (Å²) in [6.07, 6.45) is 5.16. The van der Waals surface area contributed by atoms with Crippen molar-refractivity contribution in [3.8, 4) is 0 Å². The Morgan fingerprint density at radius 1 is 1.14 bits per heavy atom. The van der Waals surface area contributed by atoms with Crippen molar-refractivity contribution in [1.82, 2.24) is 15.1 Å². The van der Waals surface area contributed by atoms with Gasteiger partial charge >= 0.3 is 0 Å². The number of piperidine rings is 3. The summed E-state index contributed by atoms with van der Waals surface area (Å²) >= 11 is 0. The molecular formula is C21H26N4O3. The predicted molar refractivity (Wildman–Crippen MR) is 102 cm³/mol. The Hall–Kier alpha value is -2.25. The van der Waals surface area contributed by atoms with Gasteiger partial charge in [-0.15, -0.1) is 0 Å². The molecule has 6 rings (SSSR count). The van der Waals surface area contributed by atoms with Gasteiger partial charge < -0.3 is 10.6 Å². The first-order valence-corrected chi connectivity index (χ1v) is 10.2. The molecule has 3 saturated heterocycles. The molecule has 0 spiro atoms. The van der Waals surface area contributed by atoms with E-state index in [1.165, 1.54) is 0 Å². The van der Waals surface area contributed by atoms with Gasteiger partial charge in [0.05, 0.1) is 0 Å². The summed E-state index contributed by atoms with van der Waals surface area (Å²) in [5.74, 6) is -0.735. The van der Waals surface area contributed by atoms with Gasteiger partial charge in [0.25, 0.3) is 5.91 Å². The molecule has 5 aliphatic rings. The summed E-state index contributed by atoms with van der Waals surface area (Å²) in [5, 5.41) is 2.36. The summed E-state index contributed by atoms with van der Waals surface area (Å²) in [6.45, 7) is 2.14. The van der Waals surface area contributed by atoms with Gasteiger partial charge in [0.1, 0.15) is 6.04 Å². The fourth-order valence-corrected chi connectivity index (χ4v) is 5.44. The Morgan fingerprint density at radius 3 is 2.64 bits per heavy atom. The van der Waals surface area contributed by atoms with Gasteiger partial charge in [-0.05, 0) is 49.3 Å². The third kappa shape index (κ3) is 2.84. The molecule has 1 atom stereocenters. The number of hydrogen-bond donors (Lipinski definition) is 2. The minimum Gasteiger partial charge on any atom is -0.324 e. The van der Waals surface area contributed by atoms with Crippen molar-refractivity contribution >= 4 is 17.7 Å². The zero-order chi connectivity index (χ0) is 19.5. The van der Waals surface area contributed by atoms with E-state index in [1.54, 1.807) is 4.90 Å². The molecule has 4 aliphatic heterocycles. The van der Waals surface area contributed by atoms with E-state index in [2.05, 4.69) is 16.3 Å². The summed E-state index contributed by atoms with van der Waals surface area (Å²) < 4.78 is 0. The smallest absolute Gasteiger partial charge is 0.255 e. The molecule has 4 heterocycles. The van der Waals surface area contributed by atoms with Gasteiger partial charge in [-0.1, -0.05) is 12.1 Å². The first kappa shape index (κ1) is 17.8. The maximum atomic E-state index is 13.0. The molecule has 1 aromatic carbocycles. The van der Waals surface area contributed by atoms with Gasteiger partial charge in [0.2, 0.25) is 11.8 Å². The van der Waals surface area contributed by atoms with Gasteiger partial charge in [0.15, 0.2) is 0 Å². The minimum absolute atomic E-state index is 0.0682. The Morgan fingerprint density at radius 2 is 1.93 bits per heavy atom. The van der Waals surface area contributed by atoms with Crippen molar-refractivity contribution in [1.29, 1.82) is 0 Å². The van der Waals surface area contributed by atoms with E-state index in [0.717, 1.165) is 49.9 Å². The summed E-state index contributed by atoms with van der Waals surface area (Å²) in [7, 11) is 0.